The van der Waals surface area contributed by atoms with E-state index in [9.17, 15) is 8.42 Å². The van der Waals surface area contributed by atoms with Crippen molar-refractivity contribution in [3.05, 3.63) is 58.6 Å². The minimum absolute atomic E-state index is 0.215. The summed E-state index contributed by atoms with van der Waals surface area (Å²) in [4.78, 5) is 0.300. The van der Waals surface area contributed by atoms with Crippen molar-refractivity contribution in [2.75, 3.05) is 13.2 Å². The highest BCUT2D eigenvalue weighted by atomic mass is 79.9. The Morgan fingerprint density at radius 3 is 2.43 bits per heavy atom. The number of hydrogen-bond acceptors (Lipinski definition) is 3. The maximum Gasteiger partial charge on any atom is 0.240 e. The number of rotatable bonds is 6. The Hall–Kier alpha value is -1.37. The van der Waals surface area contributed by atoms with Crippen molar-refractivity contribution in [3.63, 3.8) is 0 Å². The lowest BCUT2D eigenvalue weighted by molar-refractivity contribution is 0.323. The van der Waals surface area contributed by atoms with E-state index in [1.165, 1.54) is 0 Å². The molecule has 0 saturated carbocycles. The smallest absolute Gasteiger partial charge is 0.240 e. The Labute approximate surface area is 133 Å². The lowest BCUT2D eigenvalue weighted by Gasteiger charge is -2.10. The molecular weight excluding hydrogens is 354 g/mol. The fourth-order valence-electron chi connectivity index (χ4n) is 1.81. The second-order valence-corrected chi connectivity index (χ2v) is 7.12. The molecule has 0 atom stereocenters. The molecule has 0 saturated heterocycles. The first-order chi connectivity index (χ1) is 9.99. The summed E-state index contributed by atoms with van der Waals surface area (Å²) in [6, 6.07) is 14.3. The Kier molecular flexibility index (Phi) is 5.39. The molecule has 0 heterocycles. The maximum atomic E-state index is 12.1. The average molecular weight is 370 g/mol. The van der Waals surface area contributed by atoms with Crippen LogP contribution in [0.2, 0.25) is 0 Å². The van der Waals surface area contributed by atoms with E-state index in [1.54, 1.807) is 25.1 Å². The van der Waals surface area contributed by atoms with Gasteiger partial charge in [-0.2, -0.15) is 0 Å². The quantitative estimate of drug-likeness (QED) is 0.795. The standard InChI is InChI=1S/C15H16BrNO3S/c1-12-4-2-3-5-15(12)21(18,19)17-10-11-20-14-8-6-13(16)7-9-14/h2-9,17H,10-11H2,1H3. The maximum absolute atomic E-state index is 12.1. The molecule has 0 amide bonds. The van der Waals surface area contributed by atoms with Crippen molar-refractivity contribution in [3.8, 4) is 5.75 Å². The van der Waals surface area contributed by atoms with Gasteiger partial charge in [-0.05, 0) is 42.8 Å². The van der Waals surface area contributed by atoms with Crippen LogP contribution in [0.15, 0.2) is 57.9 Å². The lowest BCUT2D eigenvalue weighted by atomic mass is 10.2. The zero-order valence-corrected chi connectivity index (χ0v) is 13.9. The summed E-state index contributed by atoms with van der Waals surface area (Å²) >= 11 is 3.34. The van der Waals surface area contributed by atoms with Crippen molar-refractivity contribution >= 4 is 26.0 Å². The molecule has 0 aromatic heterocycles. The van der Waals surface area contributed by atoms with E-state index in [2.05, 4.69) is 20.7 Å². The van der Waals surface area contributed by atoms with E-state index < -0.39 is 10.0 Å². The summed E-state index contributed by atoms with van der Waals surface area (Å²) in [5.74, 6) is 0.702. The summed E-state index contributed by atoms with van der Waals surface area (Å²) in [5, 5.41) is 0. The molecule has 0 bridgehead atoms. The van der Waals surface area contributed by atoms with E-state index >= 15 is 0 Å². The molecule has 0 spiro atoms. The van der Waals surface area contributed by atoms with Gasteiger partial charge in [0.2, 0.25) is 10.0 Å². The summed E-state index contributed by atoms with van der Waals surface area (Å²) in [5.41, 5.74) is 0.721. The van der Waals surface area contributed by atoms with Gasteiger partial charge in [-0.1, -0.05) is 34.1 Å². The Morgan fingerprint density at radius 2 is 1.76 bits per heavy atom. The van der Waals surface area contributed by atoms with E-state index in [4.69, 9.17) is 4.74 Å². The number of benzene rings is 2. The van der Waals surface area contributed by atoms with Crippen LogP contribution in [0, 0.1) is 6.92 Å². The molecule has 21 heavy (non-hydrogen) atoms. The summed E-state index contributed by atoms with van der Waals surface area (Å²) in [6.45, 7) is 2.26. The van der Waals surface area contributed by atoms with Crippen LogP contribution in [0.25, 0.3) is 0 Å². The zero-order chi connectivity index (χ0) is 15.3. The van der Waals surface area contributed by atoms with Crippen molar-refractivity contribution < 1.29 is 13.2 Å². The Bertz CT molecular complexity index is 699. The Morgan fingerprint density at radius 1 is 1.10 bits per heavy atom. The van der Waals surface area contributed by atoms with Crippen LogP contribution in [0.5, 0.6) is 5.75 Å². The topological polar surface area (TPSA) is 55.4 Å². The van der Waals surface area contributed by atoms with Gasteiger partial charge in [0, 0.05) is 11.0 Å². The number of nitrogens with one attached hydrogen (secondary N) is 1. The molecule has 2 aromatic rings. The molecule has 2 aromatic carbocycles. The molecular formula is C15H16BrNO3S. The van der Waals surface area contributed by atoms with Crippen LogP contribution in [-0.4, -0.2) is 21.6 Å². The van der Waals surface area contributed by atoms with Crippen LogP contribution in [0.1, 0.15) is 5.56 Å². The van der Waals surface area contributed by atoms with Gasteiger partial charge in [0.05, 0.1) is 4.90 Å². The van der Waals surface area contributed by atoms with Gasteiger partial charge < -0.3 is 4.74 Å². The molecule has 0 aliphatic carbocycles. The van der Waals surface area contributed by atoms with Crippen molar-refractivity contribution in [2.24, 2.45) is 0 Å². The second-order valence-electron chi connectivity index (χ2n) is 4.47. The highest BCUT2D eigenvalue weighted by Crippen LogP contribution is 2.16. The normalized spacial score (nSPS) is 11.3. The molecule has 0 aliphatic rings. The van der Waals surface area contributed by atoms with Crippen LogP contribution in [-0.2, 0) is 10.0 Å². The number of ether oxygens (including phenoxy) is 1. The van der Waals surface area contributed by atoms with E-state index in [0.29, 0.717) is 10.6 Å². The highest BCUT2D eigenvalue weighted by molar-refractivity contribution is 9.10. The third kappa shape index (κ3) is 4.56. The van der Waals surface area contributed by atoms with Crippen molar-refractivity contribution in [1.82, 2.24) is 4.72 Å². The predicted octanol–water partition coefficient (Wildman–Crippen LogP) is 3.11. The van der Waals surface area contributed by atoms with Gasteiger partial charge in [0.25, 0.3) is 0 Å². The Balaban J connectivity index is 1.88. The largest absolute Gasteiger partial charge is 0.492 e. The fourth-order valence-corrected chi connectivity index (χ4v) is 3.33. The molecule has 4 nitrogen and oxygen atoms in total. The van der Waals surface area contributed by atoms with E-state index in [1.807, 2.05) is 30.3 Å². The molecule has 112 valence electrons. The molecule has 2 rings (SSSR count). The van der Waals surface area contributed by atoms with Crippen LogP contribution in [0.4, 0.5) is 0 Å². The second kappa shape index (κ2) is 7.06. The molecule has 0 fully saturated rings. The van der Waals surface area contributed by atoms with Crippen LogP contribution < -0.4 is 9.46 Å². The van der Waals surface area contributed by atoms with Gasteiger partial charge in [-0.25, -0.2) is 13.1 Å². The van der Waals surface area contributed by atoms with Gasteiger partial charge in [-0.15, -0.1) is 0 Å². The lowest BCUT2D eigenvalue weighted by Crippen LogP contribution is -2.28. The number of hydrogen-bond donors (Lipinski definition) is 1. The third-order valence-corrected chi connectivity index (χ3v) is 5.01. The van der Waals surface area contributed by atoms with Crippen LogP contribution in [0.3, 0.4) is 0 Å². The van der Waals surface area contributed by atoms with Gasteiger partial charge in [0.15, 0.2) is 0 Å². The first-order valence-corrected chi connectivity index (χ1v) is 8.70. The first kappa shape index (κ1) is 16.0. The monoisotopic (exact) mass is 369 g/mol. The third-order valence-electron chi connectivity index (χ3n) is 2.86. The summed E-state index contributed by atoms with van der Waals surface area (Å²) in [7, 11) is -3.49. The molecule has 0 unspecified atom stereocenters. The summed E-state index contributed by atoms with van der Waals surface area (Å²) < 4.78 is 33.3. The van der Waals surface area contributed by atoms with Gasteiger partial charge in [-0.3, -0.25) is 0 Å². The average Bonchev–Trinajstić information content (AvgIpc) is 2.46. The highest BCUT2D eigenvalue weighted by Gasteiger charge is 2.15. The van der Waals surface area contributed by atoms with E-state index in [-0.39, 0.29) is 13.2 Å². The molecule has 6 heteroatoms. The van der Waals surface area contributed by atoms with Crippen LogP contribution >= 0.6 is 15.9 Å². The first-order valence-electron chi connectivity index (χ1n) is 6.43. The van der Waals surface area contributed by atoms with Gasteiger partial charge >= 0.3 is 0 Å². The number of sulfonamides is 1. The fraction of sp³-hybridized carbons (Fsp3) is 0.200. The molecule has 0 aliphatic heterocycles. The predicted molar refractivity (Wildman–Crippen MR) is 86.0 cm³/mol. The molecule has 1 N–H and O–H groups in total. The minimum atomic E-state index is -3.49. The van der Waals surface area contributed by atoms with E-state index in [0.717, 1.165) is 10.0 Å². The molecule has 0 radical (unpaired) electrons. The number of halogens is 1. The SMILES string of the molecule is Cc1ccccc1S(=O)(=O)NCCOc1ccc(Br)cc1. The summed E-state index contributed by atoms with van der Waals surface area (Å²) in [6.07, 6.45) is 0. The number of aryl methyl sites for hydroxylation is 1. The van der Waals surface area contributed by atoms with Crippen molar-refractivity contribution in [1.29, 1.82) is 0 Å². The van der Waals surface area contributed by atoms with Crippen molar-refractivity contribution in [2.45, 2.75) is 11.8 Å². The minimum Gasteiger partial charge on any atom is -0.492 e. The zero-order valence-electron chi connectivity index (χ0n) is 11.5. The van der Waals surface area contributed by atoms with Gasteiger partial charge in [0.1, 0.15) is 12.4 Å².